The summed E-state index contributed by atoms with van der Waals surface area (Å²) in [6, 6.07) is 0. The Balaban J connectivity index is 0.000000919. The van der Waals surface area contributed by atoms with E-state index in [9.17, 15) is 13.2 Å². The Hall–Kier alpha value is 3.25. The molecule has 0 spiro atoms. The van der Waals surface area contributed by atoms with Crippen LogP contribution < -0.4 is 85.2 Å². The molecule has 3 aliphatic rings. The van der Waals surface area contributed by atoms with Crippen molar-refractivity contribution in [3.05, 3.63) is 28.2 Å². The van der Waals surface area contributed by atoms with E-state index in [-0.39, 0.29) is 86.1 Å². The Bertz CT molecular complexity index is 631. The number of nitrogens with one attached hydrogen (secondary N) is 2. The zero-order chi connectivity index (χ0) is 27.6. The molecule has 2 N–H and O–H groups in total. The van der Waals surface area contributed by atoms with Crippen LogP contribution in [0.4, 0.5) is 13.2 Å². The van der Waals surface area contributed by atoms with Gasteiger partial charge in [-0.2, -0.15) is 0 Å². The van der Waals surface area contributed by atoms with Gasteiger partial charge in [-0.25, -0.2) is 13.2 Å². The second-order valence-electron chi connectivity index (χ2n) is 8.56. The average molecular weight is 1050 g/mol. The van der Waals surface area contributed by atoms with Crippen LogP contribution in [0.15, 0.2) is 0 Å². The maximum Gasteiger partial charge on any atom is 1.00 e. The van der Waals surface area contributed by atoms with Crippen LogP contribution in [0.1, 0.15) is 0 Å². The first-order valence-corrected chi connectivity index (χ1v) is 16.0. The molecule has 3 aliphatic heterocycles. The molecule has 0 atom stereocenters. The van der Waals surface area contributed by atoms with Crippen LogP contribution in [0.3, 0.4) is 0 Å². The van der Waals surface area contributed by atoms with Gasteiger partial charge in [0.15, 0.2) is 17.5 Å². The Labute approximate surface area is 336 Å². The minimum Gasteiger partial charge on any atom is -1.00 e. The van der Waals surface area contributed by atoms with E-state index in [1.54, 1.807) is 0 Å². The molecule has 1 aromatic carbocycles. The Morgan fingerprint density at radius 2 is 0.575 bits per heavy atom. The topological polar surface area (TPSA) is 64.3 Å². The van der Waals surface area contributed by atoms with E-state index in [1.807, 2.05) is 0 Å². The second-order valence-corrected chi connectivity index (χ2v) is 11.8. The maximum absolute atomic E-state index is 12.9. The van der Waals surface area contributed by atoms with E-state index in [2.05, 4.69) is 0 Å². The molecule has 0 saturated carbocycles. The smallest absolute Gasteiger partial charge is 1.00 e. The second kappa shape index (κ2) is 27.4. The summed E-state index contributed by atoms with van der Waals surface area (Å²) in [5, 5.41) is 0. The summed E-state index contributed by atoms with van der Waals surface area (Å²) in [4.78, 5) is 2.88. The largest absolute Gasteiger partial charge is 1.00 e. The average Bonchev–Trinajstić information content (AvgIpc) is 2.92. The molecule has 8 nitrogen and oxygen atoms in total. The summed E-state index contributed by atoms with van der Waals surface area (Å²) >= 11 is 4.53. The third-order valence-electron chi connectivity index (χ3n) is 5.87. The zero-order valence-corrected chi connectivity index (χ0v) is 34.6. The van der Waals surface area contributed by atoms with Gasteiger partial charge in [-0.05, 0) is 67.8 Å². The molecule has 0 unspecified atom stereocenters. The van der Waals surface area contributed by atoms with E-state index in [1.165, 1.54) is 77.6 Å². The number of quaternary nitrogens is 2. The number of fused-ring (bicyclic) bond motifs is 21. The Morgan fingerprint density at radius 1 is 0.400 bits per heavy atom. The van der Waals surface area contributed by atoms with Gasteiger partial charge in [0.25, 0.3) is 0 Å². The molecular formula is C24H38F3I4KN2O6+2. The number of rotatable bonds is 0. The number of benzene rings is 1. The summed E-state index contributed by atoms with van der Waals surface area (Å²) in [5.41, 5.74) is 0. The summed E-state index contributed by atoms with van der Waals surface area (Å²) in [7, 11) is 0. The van der Waals surface area contributed by atoms with E-state index in [0.717, 1.165) is 78.9 Å². The normalized spacial score (nSPS) is 22.9. The van der Waals surface area contributed by atoms with E-state index in [4.69, 9.17) is 28.4 Å². The van der Waals surface area contributed by atoms with Crippen LogP contribution >= 0.6 is 67.8 Å². The van der Waals surface area contributed by atoms with Gasteiger partial charge in [0.05, 0.1) is 90.0 Å². The molecule has 2 bridgehead atoms. The molecule has 0 amide bonds. The predicted octanol–water partition coefficient (Wildman–Crippen LogP) is -5.19. The van der Waals surface area contributed by atoms with E-state index >= 15 is 0 Å². The molecule has 4 rings (SSSR count). The fraction of sp³-hybridized carbons (Fsp3) is 0.750. The molecular weight excluding hydrogens is 1020 g/mol. The fourth-order valence-electron chi connectivity index (χ4n) is 3.59. The van der Waals surface area contributed by atoms with Gasteiger partial charge < -0.3 is 62.2 Å². The van der Waals surface area contributed by atoms with Gasteiger partial charge >= 0.3 is 51.4 Å². The molecule has 16 heteroatoms. The van der Waals surface area contributed by atoms with Crippen LogP contribution in [-0.2, 0) is 28.4 Å². The Kier molecular flexibility index (Phi) is 29.6. The molecule has 40 heavy (non-hydrogen) atoms. The molecule has 0 aromatic heterocycles. The van der Waals surface area contributed by atoms with Gasteiger partial charge in [-0.15, -0.1) is 0 Å². The number of hydrogen-bond acceptors (Lipinski definition) is 6. The summed E-state index contributed by atoms with van der Waals surface area (Å²) < 4.78 is 72.7. The van der Waals surface area contributed by atoms with Gasteiger partial charge in [0, 0.05) is 0 Å². The SMILES string of the molecule is C1COCC[NH+]2CCOCCOCC[NH+](CCO1)CCOCCOCC2.Fc1c(I)c(F)c(I)c(F)c1I.[I-].[K+]. The molecule has 3 heterocycles. The quantitative estimate of drug-likeness (QED) is 0.118. The summed E-state index contributed by atoms with van der Waals surface area (Å²) in [6.07, 6.45) is 0. The van der Waals surface area contributed by atoms with Gasteiger partial charge in [0.2, 0.25) is 0 Å². The first-order valence-electron chi connectivity index (χ1n) is 12.7. The third-order valence-corrected chi connectivity index (χ3v) is 8.71. The van der Waals surface area contributed by atoms with Gasteiger partial charge in [0.1, 0.15) is 39.3 Å². The van der Waals surface area contributed by atoms with Crippen molar-refractivity contribution in [3.8, 4) is 0 Å². The van der Waals surface area contributed by atoms with Crippen molar-refractivity contribution in [2.24, 2.45) is 0 Å². The molecule has 0 radical (unpaired) electrons. The molecule has 0 aliphatic carbocycles. The standard InChI is InChI=1S/C18H36N2O6.C6F3I3.HI.K/c1-7-21-13-14-24-10-4-20-5-11-25-17-15-22-8-2-19(1)3-9-23-16-18-26-12-6-20;7-1-4(10)2(8)6(12)3(9)5(1)11;;/h1-18H2;;1H;/q;;;+1/p+1. The predicted molar refractivity (Wildman–Crippen MR) is 161 cm³/mol. The van der Waals surface area contributed by atoms with Gasteiger partial charge in [-0.3, -0.25) is 0 Å². The van der Waals surface area contributed by atoms with Crippen molar-refractivity contribution < 1.29 is 127 Å². The first-order chi connectivity index (χ1) is 18.4. The van der Waals surface area contributed by atoms with Crippen LogP contribution in [0.2, 0.25) is 0 Å². The van der Waals surface area contributed by atoms with Crippen LogP contribution in [-0.4, -0.2) is 119 Å². The minimum atomic E-state index is -0.827. The van der Waals surface area contributed by atoms with Crippen molar-refractivity contribution in [2.75, 3.05) is 119 Å². The number of hydrogen-bond donors (Lipinski definition) is 2. The number of halogens is 7. The van der Waals surface area contributed by atoms with Crippen molar-refractivity contribution in [3.63, 3.8) is 0 Å². The third kappa shape index (κ3) is 18.4. The summed E-state index contributed by atoms with van der Waals surface area (Å²) in [5.74, 6) is -2.48. The monoisotopic (exact) mass is 1050 g/mol. The molecule has 1 aromatic rings. The molecule has 228 valence electrons. The fourth-order valence-corrected chi connectivity index (χ4v) is 6.76. The van der Waals surface area contributed by atoms with Crippen molar-refractivity contribution in [1.29, 1.82) is 0 Å². The number of ether oxygens (including phenoxy) is 6. The van der Waals surface area contributed by atoms with Crippen LogP contribution in [0.25, 0.3) is 0 Å². The van der Waals surface area contributed by atoms with Crippen molar-refractivity contribution in [2.45, 2.75) is 0 Å². The molecule has 3 saturated heterocycles. The zero-order valence-electron chi connectivity index (χ0n) is 22.8. The van der Waals surface area contributed by atoms with Gasteiger partial charge in [-0.1, -0.05) is 0 Å². The Morgan fingerprint density at radius 3 is 0.750 bits per heavy atom. The van der Waals surface area contributed by atoms with E-state index in [0.29, 0.717) is 39.6 Å². The molecule has 3 fully saturated rings. The van der Waals surface area contributed by atoms with Crippen molar-refractivity contribution >= 4 is 67.8 Å². The summed E-state index contributed by atoms with van der Waals surface area (Å²) in [6.45, 7) is 14.1. The van der Waals surface area contributed by atoms with Crippen molar-refractivity contribution in [1.82, 2.24) is 0 Å². The maximum atomic E-state index is 12.9. The van der Waals surface area contributed by atoms with Crippen LogP contribution in [0.5, 0.6) is 0 Å². The first kappa shape index (κ1) is 43.2. The minimum absolute atomic E-state index is 0. The van der Waals surface area contributed by atoms with E-state index < -0.39 is 17.5 Å². The van der Waals surface area contributed by atoms with Crippen LogP contribution in [0, 0.1) is 28.2 Å².